The number of thioether (sulfide) groups is 1. The summed E-state index contributed by atoms with van der Waals surface area (Å²) in [6.45, 7) is 9.21. The van der Waals surface area contributed by atoms with Crippen LogP contribution in [0.5, 0.6) is 0 Å². The highest BCUT2D eigenvalue weighted by Gasteiger charge is 2.27. The van der Waals surface area contributed by atoms with E-state index in [0.717, 1.165) is 21.6 Å². The lowest BCUT2D eigenvalue weighted by molar-refractivity contribution is -0.120. The number of carbonyl (C=O) groups is 1. The molecular weight excluding hydrogens is 436 g/mol. The third-order valence-electron chi connectivity index (χ3n) is 5.08. The summed E-state index contributed by atoms with van der Waals surface area (Å²) in [4.78, 5) is 27.8. The zero-order valence-electron chi connectivity index (χ0n) is 19.1. The number of hydrogen-bond acceptors (Lipinski definition) is 5. The maximum absolute atomic E-state index is 13.6. The number of Topliss-reactive ketones (excluding diaryl/α,β-unsaturated/α-hetero) is 1. The van der Waals surface area contributed by atoms with Gasteiger partial charge in [0.05, 0.1) is 10.2 Å². The first-order chi connectivity index (χ1) is 15.1. The van der Waals surface area contributed by atoms with Gasteiger partial charge in [-0.05, 0) is 61.1 Å². The topological polar surface area (TPSA) is 62.9 Å². The minimum Gasteiger partial charge on any atom is -0.293 e. The molecule has 0 saturated carbocycles. The van der Waals surface area contributed by atoms with E-state index < -0.39 is 5.41 Å². The van der Waals surface area contributed by atoms with Crippen LogP contribution in [0.15, 0.2) is 52.2 Å². The number of aryl methyl sites for hydroxylation is 2. The Balaban J connectivity index is 2.44. The highest BCUT2D eigenvalue weighted by atomic mass is 32.2. The van der Waals surface area contributed by atoms with Crippen molar-refractivity contribution < 1.29 is 4.79 Å². The number of carbonyl (C=O) groups excluding carboxylic acids is 1. The lowest BCUT2D eigenvalue weighted by Gasteiger charge is -2.15. The molecule has 0 aliphatic rings. The first-order valence-corrected chi connectivity index (χ1v) is 12.3. The number of rotatable bonds is 4. The molecular formula is C26H26N2O2S2. The first-order valence-electron chi connectivity index (χ1n) is 10.2. The Labute approximate surface area is 196 Å². The molecule has 0 N–H and O–H groups in total. The minimum absolute atomic E-state index is 0.0119. The zero-order chi connectivity index (χ0) is 23.6. The van der Waals surface area contributed by atoms with Crippen molar-refractivity contribution >= 4 is 40.5 Å². The lowest BCUT2D eigenvalue weighted by atomic mass is 9.87. The fourth-order valence-corrected chi connectivity index (χ4v) is 4.75. The Hall–Kier alpha value is -2.88. The van der Waals surface area contributed by atoms with E-state index in [-0.39, 0.29) is 16.9 Å². The molecule has 0 fully saturated rings. The van der Waals surface area contributed by atoms with E-state index in [9.17, 15) is 14.9 Å². The molecule has 4 nitrogen and oxygen atoms in total. The fourth-order valence-electron chi connectivity index (χ4n) is 3.25. The number of benzene rings is 2. The van der Waals surface area contributed by atoms with Crippen molar-refractivity contribution in [1.29, 1.82) is 5.26 Å². The third-order valence-corrected chi connectivity index (χ3v) is 6.91. The molecule has 0 spiro atoms. The quantitative estimate of drug-likeness (QED) is 0.541. The van der Waals surface area contributed by atoms with E-state index in [1.807, 2.05) is 68.6 Å². The smallest absolute Gasteiger partial charge is 0.273 e. The van der Waals surface area contributed by atoms with Crippen LogP contribution in [-0.4, -0.2) is 16.6 Å². The number of nitrogens with zero attached hydrogens (tertiary/aromatic N) is 2. The van der Waals surface area contributed by atoms with Crippen molar-refractivity contribution in [1.82, 2.24) is 4.57 Å². The fraction of sp³-hybridized carbons (Fsp3) is 0.269. The van der Waals surface area contributed by atoms with Crippen LogP contribution in [0.2, 0.25) is 0 Å². The molecule has 6 heteroatoms. The van der Waals surface area contributed by atoms with Gasteiger partial charge >= 0.3 is 0 Å². The molecule has 0 amide bonds. The Morgan fingerprint density at radius 1 is 1.12 bits per heavy atom. The Morgan fingerprint density at radius 3 is 2.34 bits per heavy atom. The summed E-state index contributed by atoms with van der Waals surface area (Å²) in [5.74, 6) is -0.281. The molecule has 0 atom stereocenters. The number of aromatic nitrogens is 1. The maximum Gasteiger partial charge on any atom is 0.273 e. The Kier molecular flexibility index (Phi) is 6.92. The van der Waals surface area contributed by atoms with Crippen molar-refractivity contribution in [3.63, 3.8) is 0 Å². The highest BCUT2D eigenvalue weighted by Crippen LogP contribution is 2.21. The van der Waals surface area contributed by atoms with Crippen LogP contribution >= 0.6 is 23.1 Å². The van der Waals surface area contributed by atoms with E-state index in [1.165, 1.54) is 15.9 Å². The minimum atomic E-state index is -0.741. The van der Waals surface area contributed by atoms with Crippen LogP contribution in [-0.2, 0) is 4.79 Å². The summed E-state index contributed by atoms with van der Waals surface area (Å²) >= 11 is 2.84. The van der Waals surface area contributed by atoms with Crippen molar-refractivity contribution in [3.05, 3.63) is 78.7 Å². The van der Waals surface area contributed by atoms with Gasteiger partial charge in [-0.2, -0.15) is 5.26 Å². The van der Waals surface area contributed by atoms with Gasteiger partial charge in [0, 0.05) is 10.3 Å². The van der Waals surface area contributed by atoms with Crippen molar-refractivity contribution in [3.8, 4) is 11.8 Å². The zero-order valence-corrected chi connectivity index (χ0v) is 20.8. The molecule has 0 radical (unpaired) electrons. The van der Waals surface area contributed by atoms with Gasteiger partial charge in [0.25, 0.3) is 5.56 Å². The third kappa shape index (κ3) is 4.79. The molecule has 0 saturated heterocycles. The number of thiazole rings is 1. The number of ketones is 1. The van der Waals surface area contributed by atoms with Crippen LogP contribution < -0.4 is 14.8 Å². The Morgan fingerprint density at radius 2 is 1.78 bits per heavy atom. The second kappa shape index (κ2) is 9.32. The SMILES string of the molecule is CSc1ccc(/C=c2\s/c(=C(\C#N)C(=O)C(C)(C)C)n(-c3cc(C)ccc3C)c2=O)cc1. The second-order valence-electron chi connectivity index (χ2n) is 8.69. The van der Waals surface area contributed by atoms with E-state index in [0.29, 0.717) is 14.9 Å². The normalized spacial score (nSPS) is 13.1. The standard InChI is InChI=1S/C26H26N2O2S2/c1-16-7-8-17(2)21(13-16)28-24(30)22(14-18-9-11-19(31-6)12-10-18)32-25(28)20(15-27)23(29)26(3,4)5/h7-14H,1-6H3/b22-14-,25-20+. The largest absolute Gasteiger partial charge is 0.293 e. The van der Waals surface area contributed by atoms with Gasteiger partial charge in [0.1, 0.15) is 16.3 Å². The molecule has 1 aromatic heterocycles. The number of nitriles is 1. The molecule has 0 aliphatic carbocycles. The molecule has 1 heterocycles. The van der Waals surface area contributed by atoms with Gasteiger partial charge in [-0.3, -0.25) is 14.2 Å². The second-order valence-corrected chi connectivity index (χ2v) is 10.6. The van der Waals surface area contributed by atoms with Crippen LogP contribution in [0.1, 0.15) is 37.5 Å². The van der Waals surface area contributed by atoms with Gasteiger partial charge in [-0.1, -0.05) is 45.0 Å². The average molecular weight is 463 g/mol. The summed E-state index contributed by atoms with van der Waals surface area (Å²) < 4.78 is 2.38. The van der Waals surface area contributed by atoms with Crippen LogP contribution in [0.4, 0.5) is 0 Å². The van der Waals surface area contributed by atoms with Gasteiger partial charge in [-0.25, -0.2) is 0 Å². The summed E-state index contributed by atoms with van der Waals surface area (Å²) in [6.07, 6.45) is 3.83. The van der Waals surface area contributed by atoms with E-state index in [1.54, 1.807) is 32.5 Å². The summed E-state index contributed by atoms with van der Waals surface area (Å²) in [6, 6.07) is 15.9. The van der Waals surface area contributed by atoms with Crippen LogP contribution in [0.3, 0.4) is 0 Å². The van der Waals surface area contributed by atoms with Crippen molar-refractivity contribution in [2.24, 2.45) is 5.41 Å². The summed E-state index contributed by atoms with van der Waals surface area (Å²) in [5, 5.41) is 9.93. The lowest BCUT2D eigenvalue weighted by Crippen LogP contribution is -2.33. The predicted molar refractivity (Wildman–Crippen MR) is 134 cm³/mol. The highest BCUT2D eigenvalue weighted by molar-refractivity contribution is 7.98. The first kappa shape index (κ1) is 23.8. The van der Waals surface area contributed by atoms with Gasteiger partial charge < -0.3 is 0 Å². The predicted octanol–water partition coefficient (Wildman–Crippen LogP) is 4.36. The Bertz CT molecular complexity index is 1400. The molecule has 0 bridgehead atoms. The molecule has 3 rings (SSSR count). The molecule has 32 heavy (non-hydrogen) atoms. The van der Waals surface area contributed by atoms with E-state index in [2.05, 4.69) is 6.07 Å². The molecule has 2 aromatic carbocycles. The van der Waals surface area contributed by atoms with Crippen molar-refractivity contribution in [2.75, 3.05) is 6.26 Å². The van der Waals surface area contributed by atoms with Crippen LogP contribution in [0, 0.1) is 30.6 Å². The van der Waals surface area contributed by atoms with Crippen molar-refractivity contribution in [2.45, 2.75) is 39.5 Å². The number of hydrogen-bond donors (Lipinski definition) is 0. The van der Waals surface area contributed by atoms with Gasteiger partial charge in [0.2, 0.25) is 0 Å². The van der Waals surface area contributed by atoms with E-state index in [4.69, 9.17) is 0 Å². The summed E-state index contributed by atoms with van der Waals surface area (Å²) in [5.41, 5.74) is 2.51. The van der Waals surface area contributed by atoms with Crippen LogP contribution in [0.25, 0.3) is 17.3 Å². The maximum atomic E-state index is 13.6. The summed E-state index contributed by atoms with van der Waals surface area (Å²) in [7, 11) is 0. The molecule has 0 unspecified atom stereocenters. The average Bonchev–Trinajstić information content (AvgIpc) is 3.06. The van der Waals surface area contributed by atoms with E-state index >= 15 is 0 Å². The van der Waals surface area contributed by atoms with Gasteiger partial charge in [-0.15, -0.1) is 23.1 Å². The molecule has 164 valence electrons. The van der Waals surface area contributed by atoms with Gasteiger partial charge in [0.15, 0.2) is 5.78 Å². The molecule has 0 aliphatic heterocycles. The molecule has 3 aromatic rings. The monoisotopic (exact) mass is 462 g/mol.